The first-order valence-corrected chi connectivity index (χ1v) is 10.3. The monoisotopic (exact) mass is 472 g/mol. The SMILES string of the molecule is COC(=O)Oc1cc2ccccc2n1[C@H]1c2cc([N+](=O)[O-])ccc2O[C@](C)(C(OC)OC)[C@@H]1O. The van der Waals surface area contributed by atoms with Gasteiger partial charge in [-0.05, 0) is 19.1 Å². The van der Waals surface area contributed by atoms with Crippen LogP contribution in [0.2, 0.25) is 0 Å². The molecule has 3 aromatic rings. The molecule has 3 atom stereocenters. The van der Waals surface area contributed by atoms with Gasteiger partial charge in [0.05, 0.1) is 23.6 Å². The van der Waals surface area contributed by atoms with Crippen LogP contribution in [0.1, 0.15) is 18.5 Å². The number of aliphatic hydroxyl groups excluding tert-OH is 1. The first-order valence-electron chi connectivity index (χ1n) is 10.3. The molecule has 0 spiro atoms. The van der Waals surface area contributed by atoms with Crippen LogP contribution in [-0.4, -0.2) is 60.1 Å². The third-order valence-electron chi connectivity index (χ3n) is 5.98. The van der Waals surface area contributed by atoms with Crippen molar-refractivity contribution in [1.82, 2.24) is 4.57 Å². The van der Waals surface area contributed by atoms with Crippen LogP contribution in [0.25, 0.3) is 10.9 Å². The van der Waals surface area contributed by atoms with E-state index >= 15 is 0 Å². The number of nitro groups is 1. The molecule has 0 saturated carbocycles. The van der Waals surface area contributed by atoms with Crippen LogP contribution in [0.4, 0.5) is 10.5 Å². The van der Waals surface area contributed by atoms with E-state index in [1.807, 2.05) is 12.1 Å². The maximum atomic E-state index is 12.0. The number of carbonyl (C=O) groups excluding carboxylic acids is 1. The number of methoxy groups -OCH3 is 3. The number of hydrogen-bond acceptors (Lipinski definition) is 9. The zero-order valence-electron chi connectivity index (χ0n) is 19.0. The number of aromatic nitrogens is 1. The van der Waals surface area contributed by atoms with E-state index in [0.29, 0.717) is 16.5 Å². The molecule has 1 aliphatic heterocycles. The molecule has 11 nitrogen and oxygen atoms in total. The molecule has 0 unspecified atom stereocenters. The quantitative estimate of drug-likeness (QED) is 0.248. The van der Waals surface area contributed by atoms with Crippen molar-refractivity contribution >= 4 is 22.7 Å². The second kappa shape index (κ2) is 8.93. The molecule has 0 bridgehead atoms. The van der Waals surface area contributed by atoms with E-state index in [-0.39, 0.29) is 17.3 Å². The fourth-order valence-corrected chi connectivity index (χ4v) is 4.43. The minimum absolute atomic E-state index is 0.0742. The lowest BCUT2D eigenvalue weighted by Gasteiger charge is -2.47. The Bertz CT molecular complexity index is 1240. The zero-order chi connectivity index (χ0) is 24.6. The molecular weight excluding hydrogens is 448 g/mol. The number of hydrogen-bond donors (Lipinski definition) is 1. The Kier molecular flexibility index (Phi) is 6.17. The van der Waals surface area contributed by atoms with Gasteiger partial charge in [0, 0.05) is 43.4 Å². The van der Waals surface area contributed by atoms with E-state index in [9.17, 15) is 20.0 Å². The summed E-state index contributed by atoms with van der Waals surface area (Å²) in [5.74, 6) is 0.356. The lowest BCUT2D eigenvalue weighted by atomic mass is 9.84. The van der Waals surface area contributed by atoms with Crippen LogP contribution in [0.3, 0.4) is 0 Å². The summed E-state index contributed by atoms with van der Waals surface area (Å²) < 4.78 is 28.6. The zero-order valence-corrected chi connectivity index (χ0v) is 19.0. The Morgan fingerprint density at radius 3 is 2.53 bits per heavy atom. The molecule has 180 valence electrons. The highest BCUT2D eigenvalue weighted by Gasteiger charge is 2.53. The Morgan fingerprint density at radius 1 is 1.18 bits per heavy atom. The second-order valence-corrected chi connectivity index (χ2v) is 7.93. The fraction of sp³-hybridized carbons (Fsp3) is 0.348. The van der Waals surface area contributed by atoms with Crippen molar-refractivity contribution in [3.63, 3.8) is 0 Å². The molecule has 4 rings (SSSR count). The number of para-hydroxylation sites is 1. The minimum atomic E-state index is -1.44. The van der Waals surface area contributed by atoms with Crippen LogP contribution < -0.4 is 9.47 Å². The number of benzene rings is 2. The number of rotatable bonds is 6. The molecule has 1 aliphatic rings. The molecule has 0 saturated heterocycles. The topological polar surface area (TPSA) is 132 Å². The van der Waals surface area contributed by atoms with E-state index in [1.165, 1.54) is 39.5 Å². The van der Waals surface area contributed by atoms with Gasteiger partial charge in [0.2, 0.25) is 5.88 Å². The lowest BCUT2D eigenvalue weighted by Crippen LogP contribution is -2.60. The Labute approximate surface area is 194 Å². The standard InChI is InChI=1S/C23H24N2O9/c1-23(21(30-2)31-3)20(26)19(15-12-14(25(28)29)9-10-17(15)34-23)24-16-8-6-5-7-13(16)11-18(24)33-22(27)32-4/h5-12,19-21,26H,1-4H3/t19-,20+,23-/m0/s1. The molecule has 0 amide bonds. The summed E-state index contributed by atoms with van der Waals surface area (Å²) in [7, 11) is 4.00. The number of ether oxygens (including phenoxy) is 5. The Hall–Kier alpha value is -3.67. The fourth-order valence-electron chi connectivity index (χ4n) is 4.43. The maximum absolute atomic E-state index is 12.0. The first kappa shape index (κ1) is 23.5. The third kappa shape index (κ3) is 3.73. The first-order chi connectivity index (χ1) is 16.2. The highest BCUT2D eigenvalue weighted by Crippen LogP contribution is 2.48. The van der Waals surface area contributed by atoms with E-state index < -0.39 is 35.1 Å². The summed E-state index contributed by atoms with van der Waals surface area (Å²) in [5.41, 5.74) is -0.699. The van der Waals surface area contributed by atoms with Crippen molar-refractivity contribution < 1.29 is 38.5 Å². The maximum Gasteiger partial charge on any atom is 0.514 e. The molecule has 0 radical (unpaired) electrons. The number of fused-ring (bicyclic) bond motifs is 2. The Morgan fingerprint density at radius 2 is 1.88 bits per heavy atom. The van der Waals surface area contributed by atoms with Crippen LogP contribution in [0.5, 0.6) is 11.6 Å². The predicted molar refractivity (Wildman–Crippen MR) is 119 cm³/mol. The van der Waals surface area contributed by atoms with Crippen molar-refractivity contribution in [3.8, 4) is 11.6 Å². The molecular formula is C23H24N2O9. The number of carbonyl (C=O) groups is 1. The minimum Gasteiger partial charge on any atom is -0.479 e. The molecule has 0 aliphatic carbocycles. The number of nitro benzene ring substituents is 1. The van der Waals surface area contributed by atoms with Crippen molar-refractivity contribution in [1.29, 1.82) is 0 Å². The third-order valence-corrected chi connectivity index (χ3v) is 5.98. The van der Waals surface area contributed by atoms with Crippen molar-refractivity contribution in [2.24, 2.45) is 0 Å². The van der Waals surface area contributed by atoms with Gasteiger partial charge >= 0.3 is 6.16 Å². The summed E-state index contributed by atoms with van der Waals surface area (Å²) in [6.07, 6.45) is -3.32. The van der Waals surface area contributed by atoms with E-state index in [4.69, 9.17) is 18.9 Å². The average Bonchev–Trinajstić information content (AvgIpc) is 3.17. The summed E-state index contributed by atoms with van der Waals surface area (Å²) >= 11 is 0. The van der Waals surface area contributed by atoms with E-state index in [0.717, 1.165) is 0 Å². The van der Waals surface area contributed by atoms with Crippen LogP contribution in [0.15, 0.2) is 48.5 Å². The van der Waals surface area contributed by atoms with Crippen molar-refractivity contribution in [2.45, 2.75) is 31.0 Å². The highest BCUT2D eigenvalue weighted by atomic mass is 16.7. The molecule has 11 heteroatoms. The molecule has 0 fully saturated rings. The average molecular weight is 472 g/mol. The molecule has 2 aromatic carbocycles. The smallest absolute Gasteiger partial charge is 0.479 e. The Balaban J connectivity index is 2.02. The van der Waals surface area contributed by atoms with Gasteiger partial charge in [-0.25, -0.2) is 4.79 Å². The van der Waals surface area contributed by atoms with Gasteiger partial charge < -0.3 is 33.4 Å². The van der Waals surface area contributed by atoms with Gasteiger partial charge in [-0.3, -0.25) is 10.1 Å². The summed E-state index contributed by atoms with van der Waals surface area (Å²) in [5, 5.41) is 23.9. The normalized spacial score (nSPS) is 21.7. The summed E-state index contributed by atoms with van der Waals surface area (Å²) in [6.45, 7) is 1.61. The van der Waals surface area contributed by atoms with Gasteiger partial charge in [-0.2, -0.15) is 0 Å². The molecule has 2 heterocycles. The summed E-state index contributed by atoms with van der Waals surface area (Å²) in [4.78, 5) is 23.0. The molecule has 1 N–H and O–H groups in total. The predicted octanol–water partition coefficient (Wildman–Crippen LogP) is 3.42. The second-order valence-electron chi connectivity index (χ2n) is 7.93. The van der Waals surface area contributed by atoms with Crippen molar-refractivity contribution in [3.05, 3.63) is 64.2 Å². The lowest BCUT2D eigenvalue weighted by molar-refractivity contribution is -0.385. The number of non-ortho nitro benzene ring substituents is 1. The van der Waals surface area contributed by atoms with E-state index in [1.54, 1.807) is 29.7 Å². The molecule has 34 heavy (non-hydrogen) atoms. The largest absolute Gasteiger partial charge is 0.514 e. The highest BCUT2D eigenvalue weighted by molar-refractivity contribution is 5.84. The number of nitrogens with zero attached hydrogens (tertiary/aromatic N) is 2. The van der Waals surface area contributed by atoms with Gasteiger partial charge in [0.1, 0.15) is 11.9 Å². The van der Waals surface area contributed by atoms with Gasteiger partial charge in [-0.1, -0.05) is 18.2 Å². The molecule has 1 aromatic heterocycles. The van der Waals surface area contributed by atoms with Gasteiger partial charge in [-0.15, -0.1) is 0 Å². The van der Waals surface area contributed by atoms with Gasteiger partial charge in [0.25, 0.3) is 5.69 Å². The van der Waals surface area contributed by atoms with Crippen LogP contribution in [0, 0.1) is 10.1 Å². The van der Waals surface area contributed by atoms with E-state index in [2.05, 4.69) is 4.74 Å². The van der Waals surface area contributed by atoms with Crippen molar-refractivity contribution in [2.75, 3.05) is 21.3 Å². The van der Waals surface area contributed by atoms with Gasteiger partial charge in [0.15, 0.2) is 11.9 Å². The summed E-state index contributed by atoms with van der Waals surface area (Å²) in [6, 6.07) is 11.9. The van der Waals surface area contributed by atoms with Crippen LogP contribution >= 0.6 is 0 Å². The number of aliphatic hydroxyl groups is 1. The van der Waals surface area contributed by atoms with Crippen LogP contribution in [-0.2, 0) is 14.2 Å².